The van der Waals surface area contributed by atoms with Crippen LogP contribution >= 0.6 is 0 Å². The maximum Gasteiger partial charge on any atom is 0.242 e. The first kappa shape index (κ1) is 11.4. The fourth-order valence-corrected chi connectivity index (χ4v) is 2.50. The lowest BCUT2D eigenvalue weighted by Gasteiger charge is -2.35. The van der Waals surface area contributed by atoms with Crippen molar-refractivity contribution in [2.75, 3.05) is 39.8 Å². The van der Waals surface area contributed by atoms with Crippen LogP contribution in [-0.4, -0.2) is 61.4 Å². The average molecular weight is 225 g/mol. The summed E-state index contributed by atoms with van der Waals surface area (Å²) in [5.74, 6) is 0.533. The van der Waals surface area contributed by atoms with Crippen LogP contribution in [0.2, 0.25) is 0 Å². The van der Waals surface area contributed by atoms with Gasteiger partial charge in [0.1, 0.15) is 0 Å². The van der Waals surface area contributed by atoms with Crippen LogP contribution in [0.15, 0.2) is 0 Å². The summed E-state index contributed by atoms with van der Waals surface area (Å²) in [7, 11) is 2.11. The normalized spacial score (nSPS) is 28.1. The Bertz CT molecular complexity index is 293. The molecule has 0 aromatic carbocycles. The number of carbonyl (C=O) groups is 2. The molecule has 2 fully saturated rings. The smallest absolute Gasteiger partial charge is 0.242 e. The number of hydrogen-bond donors (Lipinski definition) is 1. The van der Waals surface area contributed by atoms with E-state index in [1.165, 1.54) is 6.42 Å². The maximum atomic E-state index is 11.6. The van der Waals surface area contributed by atoms with Crippen LogP contribution in [0.3, 0.4) is 0 Å². The largest absolute Gasteiger partial charge is 0.345 e. The maximum absolute atomic E-state index is 11.6. The number of amides is 2. The summed E-state index contributed by atoms with van der Waals surface area (Å²) < 4.78 is 0. The number of hydrogen-bond acceptors (Lipinski definition) is 3. The van der Waals surface area contributed by atoms with Crippen LogP contribution in [0.25, 0.3) is 0 Å². The lowest BCUT2D eigenvalue weighted by Crippen LogP contribution is -2.53. The van der Waals surface area contributed by atoms with E-state index < -0.39 is 0 Å². The van der Waals surface area contributed by atoms with E-state index in [-0.39, 0.29) is 24.9 Å². The Morgan fingerprint density at radius 1 is 1.44 bits per heavy atom. The Labute approximate surface area is 95.8 Å². The Balaban J connectivity index is 1.87. The number of rotatable bonds is 2. The molecule has 2 aliphatic rings. The fourth-order valence-electron chi connectivity index (χ4n) is 2.50. The zero-order valence-corrected chi connectivity index (χ0v) is 9.74. The van der Waals surface area contributed by atoms with Gasteiger partial charge in [0, 0.05) is 13.1 Å². The molecule has 0 radical (unpaired) electrons. The number of piperidine rings is 1. The van der Waals surface area contributed by atoms with Crippen molar-refractivity contribution in [2.45, 2.75) is 12.8 Å². The molecular formula is C11H19N3O2. The molecule has 90 valence electrons. The molecule has 0 spiro atoms. The van der Waals surface area contributed by atoms with Crippen molar-refractivity contribution in [3.8, 4) is 0 Å². The van der Waals surface area contributed by atoms with Crippen molar-refractivity contribution >= 4 is 11.8 Å². The van der Waals surface area contributed by atoms with E-state index in [0.717, 1.165) is 26.1 Å². The van der Waals surface area contributed by atoms with Crippen molar-refractivity contribution in [3.05, 3.63) is 0 Å². The molecule has 2 heterocycles. The molecule has 1 unspecified atom stereocenters. The SMILES string of the molecule is CN1CCCC(CN2CC(=O)NCC2=O)C1. The van der Waals surface area contributed by atoms with Crippen molar-refractivity contribution in [1.82, 2.24) is 15.1 Å². The summed E-state index contributed by atoms with van der Waals surface area (Å²) in [4.78, 5) is 26.8. The first-order chi connectivity index (χ1) is 7.65. The van der Waals surface area contributed by atoms with Crippen LogP contribution in [0.1, 0.15) is 12.8 Å². The Morgan fingerprint density at radius 3 is 3.00 bits per heavy atom. The molecule has 0 aromatic heterocycles. The lowest BCUT2D eigenvalue weighted by atomic mass is 9.97. The van der Waals surface area contributed by atoms with Gasteiger partial charge >= 0.3 is 0 Å². The number of nitrogens with one attached hydrogen (secondary N) is 1. The summed E-state index contributed by atoms with van der Waals surface area (Å²) in [6, 6.07) is 0. The summed E-state index contributed by atoms with van der Waals surface area (Å²) >= 11 is 0. The van der Waals surface area contributed by atoms with Gasteiger partial charge in [-0.3, -0.25) is 9.59 Å². The van der Waals surface area contributed by atoms with Gasteiger partial charge in [0.25, 0.3) is 0 Å². The van der Waals surface area contributed by atoms with Crippen LogP contribution in [0.4, 0.5) is 0 Å². The van der Waals surface area contributed by atoms with E-state index in [1.54, 1.807) is 4.90 Å². The van der Waals surface area contributed by atoms with Gasteiger partial charge in [-0.15, -0.1) is 0 Å². The lowest BCUT2D eigenvalue weighted by molar-refractivity contribution is -0.141. The van der Waals surface area contributed by atoms with E-state index in [9.17, 15) is 9.59 Å². The molecule has 0 bridgehead atoms. The molecule has 0 aliphatic carbocycles. The van der Waals surface area contributed by atoms with Crippen molar-refractivity contribution in [2.24, 2.45) is 5.92 Å². The van der Waals surface area contributed by atoms with Gasteiger partial charge in [-0.1, -0.05) is 0 Å². The van der Waals surface area contributed by atoms with E-state index in [1.807, 2.05) is 0 Å². The van der Waals surface area contributed by atoms with Crippen molar-refractivity contribution in [3.63, 3.8) is 0 Å². The molecule has 5 nitrogen and oxygen atoms in total. The number of likely N-dealkylation sites (tertiary alicyclic amines) is 1. The molecule has 2 saturated heterocycles. The minimum atomic E-state index is -0.0382. The van der Waals surface area contributed by atoms with Crippen molar-refractivity contribution in [1.29, 1.82) is 0 Å². The highest BCUT2D eigenvalue weighted by Crippen LogP contribution is 2.16. The molecule has 2 amide bonds. The Hall–Kier alpha value is -1.10. The van der Waals surface area contributed by atoms with Gasteiger partial charge < -0.3 is 15.1 Å². The summed E-state index contributed by atoms with van der Waals surface area (Å²) in [6.45, 7) is 3.31. The third-order valence-corrected chi connectivity index (χ3v) is 3.32. The van der Waals surface area contributed by atoms with Gasteiger partial charge in [0.2, 0.25) is 11.8 Å². The first-order valence-corrected chi connectivity index (χ1v) is 5.88. The second-order valence-corrected chi connectivity index (χ2v) is 4.82. The predicted molar refractivity (Wildman–Crippen MR) is 59.8 cm³/mol. The van der Waals surface area contributed by atoms with E-state index in [0.29, 0.717) is 5.92 Å². The third-order valence-electron chi connectivity index (χ3n) is 3.32. The van der Waals surface area contributed by atoms with Crippen LogP contribution in [0.5, 0.6) is 0 Å². The zero-order chi connectivity index (χ0) is 11.5. The zero-order valence-electron chi connectivity index (χ0n) is 9.74. The van der Waals surface area contributed by atoms with Crippen LogP contribution in [-0.2, 0) is 9.59 Å². The van der Waals surface area contributed by atoms with Gasteiger partial charge in [0.15, 0.2) is 0 Å². The van der Waals surface area contributed by atoms with E-state index >= 15 is 0 Å². The minimum absolute atomic E-state index is 0.0382. The van der Waals surface area contributed by atoms with E-state index in [4.69, 9.17) is 0 Å². The minimum Gasteiger partial charge on any atom is -0.345 e. The first-order valence-electron chi connectivity index (χ1n) is 5.88. The molecule has 0 aromatic rings. The standard InChI is InChI=1S/C11H19N3O2/c1-13-4-2-3-9(6-13)7-14-8-10(15)12-5-11(14)16/h9H,2-8H2,1H3,(H,12,15). The topological polar surface area (TPSA) is 52.6 Å². The molecule has 5 heteroatoms. The molecule has 0 saturated carbocycles. The second kappa shape index (κ2) is 4.82. The molecule has 1 atom stereocenters. The highest BCUT2D eigenvalue weighted by molar-refractivity contribution is 5.92. The van der Waals surface area contributed by atoms with Gasteiger partial charge in [-0.05, 0) is 32.4 Å². The monoisotopic (exact) mass is 225 g/mol. The Kier molecular flexibility index (Phi) is 3.43. The van der Waals surface area contributed by atoms with Gasteiger partial charge in [0.05, 0.1) is 13.1 Å². The number of carbonyl (C=O) groups excluding carboxylic acids is 2. The fraction of sp³-hybridized carbons (Fsp3) is 0.818. The molecule has 2 aliphatic heterocycles. The van der Waals surface area contributed by atoms with E-state index in [2.05, 4.69) is 17.3 Å². The highest BCUT2D eigenvalue weighted by Gasteiger charge is 2.27. The van der Waals surface area contributed by atoms with Crippen molar-refractivity contribution < 1.29 is 9.59 Å². The summed E-state index contributed by atoms with van der Waals surface area (Å²) in [5, 5.41) is 2.57. The number of piperazine rings is 1. The predicted octanol–water partition coefficient (Wildman–Crippen LogP) is -0.713. The molecular weight excluding hydrogens is 206 g/mol. The quantitative estimate of drug-likeness (QED) is 0.675. The highest BCUT2D eigenvalue weighted by atomic mass is 16.2. The van der Waals surface area contributed by atoms with Gasteiger partial charge in [-0.25, -0.2) is 0 Å². The third kappa shape index (κ3) is 2.72. The summed E-state index contributed by atoms with van der Waals surface area (Å²) in [6.07, 6.45) is 2.35. The molecule has 2 rings (SSSR count). The Morgan fingerprint density at radius 2 is 2.25 bits per heavy atom. The number of nitrogens with zero attached hydrogens (tertiary/aromatic N) is 2. The van der Waals surface area contributed by atoms with Crippen LogP contribution < -0.4 is 5.32 Å². The summed E-state index contributed by atoms with van der Waals surface area (Å²) in [5.41, 5.74) is 0. The second-order valence-electron chi connectivity index (χ2n) is 4.82. The van der Waals surface area contributed by atoms with Gasteiger partial charge in [-0.2, -0.15) is 0 Å². The molecule has 16 heavy (non-hydrogen) atoms. The van der Waals surface area contributed by atoms with Crippen LogP contribution in [0, 0.1) is 5.92 Å². The average Bonchev–Trinajstić information content (AvgIpc) is 2.24. The molecule has 1 N–H and O–H groups in total.